The molecule has 0 radical (unpaired) electrons. The van der Waals surface area contributed by atoms with Crippen LogP contribution in [0.5, 0.6) is 0 Å². The highest BCUT2D eigenvalue weighted by Gasteiger charge is 2.11. The third kappa shape index (κ3) is 3.60. The smallest absolute Gasteiger partial charge is 0.230 e. The van der Waals surface area contributed by atoms with Gasteiger partial charge in [-0.3, -0.25) is 4.79 Å². The average Bonchev–Trinajstić information content (AvgIpc) is 3.00. The number of carbonyl (C=O) groups excluding carboxylic acids is 1. The Morgan fingerprint density at radius 2 is 1.87 bits per heavy atom. The van der Waals surface area contributed by atoms with Gasteiger partial charge in [0.05, 0.1) is 12.1 Å². The molecule has 23 heavy (non-hydrogen) atoms. The summed E-state index contributed by atoms with van der Waals surface area (Å²) in [5, 5.41) is 2.48. The van der Waals surface area contributed by atoms with Crippen LogP contribution < -0.4 is 5.32 Å². The van der Waals surface area contributed by atoms with Gasteiger partial charge in [-0.2, -0.15) is 0 Å². The molecule has 0 unspecified atom stereocenters. The van der Waals surface area contributed by atoms with Crippen molar-refractivity contribution in [3.8, 4) is 11.5 Å². The second-order valence-corrected chi connectivity index (χ2v) is 4.86. The number of nitrogens with zero attached hydrogens (tertiary/aromatic N) is 1. The molecule has 0 spiro atoms. The number of hydrogen-bond donors (Lipinski definition) is 1. The predicted molar refractivity (Wildman–Crippen MR) is 80.6 cm³/mol. The Balaban J connectivity index is 1.66. The standard InChI is InChI=1S/C17H12F2N2O2/c18-14-7-6-12(8-15(14)19)20-16(22)9-13-10-23-17(21-13)11-4-2-1-3-5-11/h1-8,10H,9H2,(H,20,22). The minimum absolute atomic E-state index is 0.0324. The Morgan fingerprint density at radius 1 is 1.09 bits per heavy atom. The van der Waals surface area contributed by atoms with Gasteiger partial charge in [0, 0.05) is 17.3 Å². The summed E-state index contributed by atoms with van der Waals surface area (Å²) in [6.07, 6.45) is 1.36. The van der Waals surface area contributed by atoms with E-state index in [0.29, 0.717) is 11.6 Å². The largest absolute Gasteiger partial charge is 0.444 e. The minimum atomic E-state index is -1.02. The third-order valence-electron chi connectivity index (χ3n) is 3.12. The van der Waals surface area contributed by atoms with Gasteiger partial charge in [-0.25, -0.2) is 13.8 Å². The van der Waals surface area contributed by atoms with Gasteiger partial charge in [0.2, 0.25) is 11.8 Å². The Morgan fingerprint density at radius 3 is 2.61 bits per heavy atom. The van der Waals surface area contributed by atoms with E-state index in [1.807, 2.05) is 30.3 Å². The first kappa shape index (κ1) is 14.9. The maximum atomic E-state index is 13.1. The summed E-state index contributed by atoms with van der Waals surface area (Å²) in [6.45, 7) is 0. The fraction of sp³-hybridized carbons (Fsp3) is 0.0588. The number of nitrogens with one attached hydrogen (secondary N) is 1. The topological polar surface area (TPSA) is 55.1 Å². The lowest BCUT2D eigenvalue weighted by Gasteiger charge is -2.04. The van der Waals surface area contributed by atoms with Crippen molar-refractivity contribution in [2.75, 3.05) is 5.32 Å². The summed E-state index contributed by atoms with van der Waals surface area (Å²) in [5.41, 5.74) is 1.43. The molecule has 1 heterocycles. The Labute approximate surface area is 130 Å². The molecule has 0 bridgehead atoms. The van der Waals surface area contributed by atoms with E-state index in [1.54, 1.807) is 0 Å². The molecule has 0 saturated heterocycles. The second-order valence-electron chi connectivity index (χ2n) is 4.86. The monoisotopic (exact) mass is 314 g/mol. The van der Waals surface area contributed by atoms with Crippen LogP contribution >= 0.6 is 0 Å². The summed E-state index contributed by atoms with van der Waals surface area (Å²) in [5.74, 6) is -1.97. The van der Waals surface area contributed by atoms with Crippen molar-refractivity contribution in [1.82, 2.24) is 4.98 Å². The predicted octanol–water partition coefficient (Wildman–Crippen LogP) is 3.80. The number of anilines is 1. The van der Waals surface area contributed by atoms with Crippen molar-refractivity contribution in [2.24, 2.45) is 0 Å². The highest BCUT2D eigenvalue weighted by atomic mass is 19.2. The first-order valence-corrected chi connectivity index (χ1v) is 6.86. The first-order valence-electron chi connectivity index (χ1n) is 6.86. The van der Waals surface area contributed by atoms with E-state index >= 15 is 0 Å². The summed E-state index contributed by atoms with van der Waals surface area (Å²) in [4.78, 5) is 16.1. The van der Waals surface area contributed by atoms with Crippen LogP contribution in [-0.2, 0) is 11.2 Å². The number of carbonyl (C=O) groups is 1. The molecule has 4 nitrogen and oxygen atoms in total. The summed E-state index contributed by atoms with van der Waals surface area (Å²) < 4.78 is 31.3. The second kappa shape index (κ2) is 6.39. The van der Waals surface area contributed by atoms with Gasteiger partial charge in [0.1, 0.15) is 6.26 Å². The molecule has 3 aromatic rings. The fourth-order valence-electron chi connectivity index (χ4n) is 2.05. The molecule has 2 aromatic carbocycles. The number of hydrogen-bond acceptors (Lipinski definition) is 3. The lowest BCUT2D eigenvalue weighted by atomic mass is 10.2. The molecule has 1 N–H and O–H groups in total. The van der Waals surface area contributed by atoms with Crippen molar-refractivity contribution in [1.29, 1.82) is 0 Å². The molecule has 116 valence electrons. The van der Waals surface area contributed by atoms with E-state index in [9.17, 15) is 13.6 Å². The van der Waals surface area contributed by atoms with E-state index < -0.39 is 17.5 Å². The lowest BCUT2D eigenvalue weighted by Crippen LogP contribution is -2.14. The molecule has 1 amide bonds. The molecule has 0 fully saturated rings. The SMILES string of the molecule is O=C(Cc1coc(-c2ccccc2)n1)Nc1ccc(F)c(F)c1. The van der Waals surface area contributed by atoms with Crippen molar-refractivity contribution in [2.45, 2.75) is 6.42 Å². The number of oxazole rings is 1. The van der Waals surface area contributed by atoms with E-state index in [1.165, 1.54) is 12.3 Å². The molecule has 6 heteroatoms. The number of amides is 1. The lowest BCUT2D eigenvalue weighted by molar-refractivity contribution is -0.115. The van der Waals surface area contributed by atoms with Crippen LogP contribution in [0.1, 0.15) is 5.69 Å². The van der Waals surface area contributed by atoms with Crippen molar-refractivity contribution < 1.29 is 18.0 Å². The van der Waals surface area contributed by atoms with Gasteiger partial charge >= 0.3 is 0 Å². The van der Waals surface area contributed by atoms with Crippen molar-refractivity contribution in [3.05, 3.63) is 72.1 Å². The maximum Gasteiger partial charge on any atom is 0.230 e. The van der Waals surface area contributed by atoms with Crippen molar-refractivity contribution >= 4 is 11.6 Å². The minimum Gasteiger partial charge on any atom is -0.444 e. The molecule has 3 rings (SSSR count). The number of benzene rings is 2. The zero-order valence-electron chi connectivity index (χ0n) is 11.9. The van der Waals surface area contributed by atoms with Crippen LogP contribution in [-0.4, -0.2) is 10.9 Å². The van der Waals surface area contributed by atoms with Crippen LogP contribution in [0.3, 0.4) is 0 Å². The Bertz CT molecular complexity index is 832. The van der Waals surface area contributed by atoms with E-state index in [4.69, 9.17) is 4.42 Å². The summed E-state index contributed by atoms with van der Waals surface area (Å²) >= 11 is 0. The van der Waals surface area contributed by atoms with Gasteiger partial charge in [0.15, 0.2) is 11.6 Å². The zero-order chi connectivity index (χ0) is 16.2. The zero-order valence-corrected chi connectivity index (χ0v) is 11.9. The normalized spacial score (nSPS) is 10.5. The first-order chi connectivity index (χ1) is 11.1. The molecule has 0 aliphatic rings. The highest BCUT2D eigenvalue weighted by molar-refractivity contribution is 5.92. The van der Waals surface area contributed by atoms with Crippen molar-refractivity contribution in [3.63, 3.8) is 0 Å². The van der Waals surface area contributed by atoms with Gasteiger partial charge in [-0.15, -0.1) is 0 Å². The molecule has 0 saturated carbocycles. The van der Waals surface area contributed by atoms with E-state index in [-0.39, 0.29) is 12.1 Å². The number of rotatable bonds is 4. The van der Waals surface area contributed by atoms with E-state index in [2.05, 4.69) is 10.3 Å². The van der Waals surface area contributed by atoms with Gasteiger partial charge in [-0.05, 0) is 24.3 Å². The Kier molecular flexibility index (Phi) is 4.14. The molecule has 0 atom stereocenters. The van der Waals surface area contributed by atoms with Crippen LogP contribution in [0.4, 0.5) is 14.5 Å². The van der Waals surface area contributed by atoms with Crippen LogP contribution in [0.25, 0.3) is 11.5 Å². The maximum absolute atomic E-state index is 13.1. The number of halogens is 2. The molecular formula is C17H12F2N2O2. The quantitative estimate of drug-likeness (QED) is 0.797. The highest BCUT2D eigenvalue weighted by Crippen LogP contribution is 2.18. The summed E-state index contributed by atoms with van der Waals surface area (Å²) in [6, 6.07) is 12.4. The average molecular weight is 314 g/mol. The van der Waals surface area contributed by atoms with Crippen LogP contribution in [0.2, 0.25) is 0 Å². The van der Waals surface area contributed by atoms with Crippen LogP contribution in [0.15, 0.2) is 59.2 Å². The molecule has 0 aliphatic heterocycles. The van der Waals surface area contributed by atoms with Crippen LogP contribution in [0, 0.1) is 11.6 Å². The van der Waals surface area contributed by atoms with Gasteiger partial charge in [-0.1, -0.05) is 18.2 Å². The molecule has 0 aliphatic carbocycles. The van der Waals surface area contributed by atoms with Gasteiger partial charge < -0.3 is 9.73 Å². The Hall–Kier alpha value is -3.02. The molecule has 1 aromatic heterocycles. The fourth-order valence-corrected chi connectivity index (χ4v) is 2.05. The molecular weight excluding hydrogens is 302 g/mol. The van der Waals surface area contributed by atoms with Gasteiger partial charge in [0.25, 0.3) is 0 Å². The number of aromatic nitrogens is 1. The van der Waals surface area contributed by atoms with E-state index in [0.717, 1.165) is 17.7 Å². The third-order valence-corrected chi connectivity index (χ3v) is 3.12. The summed E-state index contributed by atoms with van der Waals surface area (Å²) in [7, 11) is 0.